The quantitative estimate of drug-likeness (QED) is 0.816. The smallest absolute Gasteiger partial charge is 0.317 e. The molecule has 16 heavy (non-hydrogen) atoms. The van der Waals surface area contributed by atoms with Gasteiger partial charge < -0.3 is 14.8 Å². The van der Waals surface area contributed by atoms with E-state index < -0.39 is 0 Å². The Hall–Kier alpha value is -1.59. The van der Waals surface area contributed by atoms with Crippen molar-refractivity contribution in [3.05, 3.63) is 12.2 Å². The molecule has 0 aliphatic carbocycles. The molecule has 0 bridgehead atoms. The van der Waals surface area contributed by atoms with Gasteiger partial charge in [0.1, 0.15) is 6.33 Å². The molecule has 2 rings (SSSR count). The van der Waals surface area contributed by atoms with Gasteiger partial charge in [0.25, 0.3) is 0 Å². The lowest BCUT2D eigenvalue weighted by atomic mass is 10.4. The highest BCUT2D eigenvalue weighted by atomic mass is 16.2. The maximum absolute atomic E-state index is 11.7. The fraction of sp³-hybridized carbons (Fsp3) is 0.700. The normalized spacial score (nSPS) is 15.4. The molecular weight excluding hydrogens is 206 g/mol. The van der Waals surface area contributed by atoms with Crippen LogP contribution in [0.15, 0.2) is 6.33 Å². The molecule has 6 heteroatoms. The highest BCUT2D eigenvalue weighted by Crippen LogP contribution is 2.07. The van der Waals surface area contributed by atoms with Crippen molar-refractivity contribution in [2.75, 3.05) is 13.1 Å². The summed E-state index contributed by atoms with van der Waals surface area (Å²) in [5, 5.41) is 10.6. The molecule has 88 valence electrons. The molecule has 1 aromatic heterocycles. The number of nitrogens with zero attached hydrogens (tertiary/aromatic N) is 4. The lowest BCUT2D eigenvalue weighted by molar-refractivity contribution is 0.208. The molecule has 0 saturated carbocycles. The third-order valence-electron chi connectivity index (χ3n) is 2.83. The topological polar surface area (TPSA) is 63.1 Å². The number of hydrogen-bond acceptors (Lipinski definition) is 3. The summed E-state index contributed by atoms with van der Waals surface area (Å²) in [5.74, 6) is 0.801. The second-order valence-corrected chi connectivity index (χ2v) is 3.89. The maximum atomic E-state index is 11.7. The van der Waals surface area contributed by atoms with E-state index in [9.17, 15) is 4.79 Å². The Balaban J connectivity index is 1.84. The van der Waals surface area contributed by atoms with E-state index in [-0.39, 0.29) is 6.03 Å². The van der Waals surface area contributed by atoms with Gasteiger partial charge in [0.2, 0.25) is 0 Å². The van der Waals surface area contributed by atoms with Gasteiger partial charge in [-0.15, -0.1) is 10.2 Å². The molecule has 2 amide bonds. The first-order valence-electron chi connectivity index (χ1n) is 5.70. The van der Waals surface area contributed by atoms with Crippen molar-refractivity contribution < 1.29 is 4.79 Å². The average molecular weight is 223 g/mol. The Labute approximate surface area is 94.6 Å². The first kappa shape index (κ1) is 10.9. The number of nitrogens with one attached hydrogen (secondary N) is 1. The molecule has 1 saturated heterocycles. The first-order valence-corrected chi connectivity index (χ1v) is 5.70. The second kappa shape index (κ2) is 4.96. The van der Waals surface area contributed by atoms with Crippen LogP contribution in [0.25, 0.3) is 0 Å². The van der Waals surface area contributed by atoms with E-state index in [4.69, 9.17) is 0 Å². The Bertz CT molecular complexity index is 356. The van der Waals surface area contributed by atoms with Crippen molar-refractivity contribution in [1.82, 2.24) is 25.0 Å². The summed E-state index contributed by atoms with van der Waals surface area (Å²) in [6, 6.07) is 0.00292. The van der Waals surface area contributed by atoms with E-state index in [2.05, 4.69) is 15.5 Å². The third-order valence-corrected chi connectivity index (χ3v) is 2.83. The van der Waals surface area contributed by atoms with Gasteiger partial charge in [0.05, 0.1) is 6.54 Å². The van der Waals surface area contributed by atoms with Gasteiger partial charge >= 0.3 is 6.03 Å². The predicted molar refractivity (Wildman–Crippen MR) is 58.7 cm³/mol. The van der Waals surface area contributed by atoms with Gasteiger partial charge in [-0.05, 0) is 19.8 Å². The molecule has 1 aliphatic heterocycles. The van der Waals surface area contributed by atoms with Crippen LogP contribution < -0.4 is 5.32 Å². The van der Waals surface area contributed by atoms with E-state index in [1.807, 2.05) is 16.4 Å². The number of aromatic nitrogens is 3. The molecule has 1 fully saturated rings. The van der Waals surface area contributed by atoms with E-state index >= 15 is 0 Å². The van der Waals surface area contributed by atoms with Crippen LogP contribution in [0.3, 0.4) is 0 Å². The van der Waals surface area contributed by atoms with E-state index in [1.165, 1.54) is 0 Å². The van der Waals surface area contributed by atoms with Crippen LogP contribution in [-0.2, 0) is 13.1 Å². The molecule has 2 heterocycles. The highest BCUT2D eigenvalue weighted by Gasteiger charge is 2.17. The van der Waals surface area contributed by atoms with Crippen molar-refractivity contribution in [3.63, 3.8) is 0 Å². The number of hydrogen-bond donors (Lipinski definition) is 1. The number of likely N-dealkylation sites (tertiary alicyclic amines) is 1. The van der Waals surface area contributed by atoms with Crippen molar-refractivity contribution in [2.45, 2.75) is 32.9 Å². The second-order valence-electron chi connectivity index (χ2n) is 3.89. The van der Waals surface area contributed by atoms with Gasteiger partial charge in [-0.1, -0.05) is 0 Å². The number of aryl methyl sites for hydroxylation is 1. The molecule has 0 aromatic carbocycles. The van der Waals surface area contributed by atoms with Crippen LogP contribution in [-0.4, -0.2) is 38.8 Å². The summed E-state index contributed by atoms with van der Waals surface area (Å²) in [6.07, 6.45) is 3.90. The predicted octanol–water partition coefficient (Wildman–Crippen LogP) is 0.603. The van der Waals surface area contributed by atoms with Crippen molar-refractivity contribution >= 4 is 6.03 Å². The zero-order valence-electron chi connectivity index (χ0n) is 9.52. The summed E-state index contributed by atoms with van der Waals surface area (Å²) in [6.45, 7) is 5.03. The summed E-state index contributed by atoms with van der Waals surface area (Å²) < 4.78 is 1.92. The zero-order valence-corrected chi connectivity index (χ0v) is 9.52. The van der Waals surface area contributed by atoms with E-state index in [1.54, 1.807) is 6.33 Å². The van der Waals surface area contributed by atoms with Crippen LogP contribution in [0.5, 0.6) is 0 Å². The summed E-state index contributed by atoms with van der Waals surface area (Å²) in [4.78, 5) is 13.5. The van der Waals surface area contributed by atoms with Crippen molar-refractivity contribution in [1.29, 1.82) is 0 Å². The molecule has 0 atom stereocenters. The van der Waals surface area contributed by atoms with Crippen LogP contribution >= 0.6 is 0 Å². The number of carbonyl (C=O) groups excluding carboxylic acids is 1. The fourth-order valence-electron chi connectivity index (χ4n) is 1.87. The van der Waals surface area contributed by atoms with Gasteiger partial charge in [-0.3, -0.25) is 0 Å². The maximum Gasteiger partial charge on any atom is 0.317 e. The lowest BCUT2D eigenvalue weighted by Gasteiger charge is -2.15. The Morgan fingerprint density at radius 2 is 2.25 bits per heavy atom. The van der Waals surface area contributed by atoms with Gasteiger partial charge in [0, 0.05) is 19.6 Å². The molecule has 6 nitrogen and oxygen atoms in total. The largest absolute Gasteiger partial charge is 0.331 e. The average Bonchev–Trinajstić information content (AvgIpc) is 2.96. The Morgan fingerprint density at radius 3 is 2.94 bits per heavy atom. The molecule has 0 unspecified atom stereocenters. The minimum atomic E-state index is 0.00292. The molecular formula is C10H17N5O. The Kier molecular flexibility index (Phi) is 3.38. The van der Waals surface area contributed by atoms with Crippen LogP contribution in [0.1, 0.15) is 25.6 Å². The number of amides is 2. The molecule has 1 aromatic rings. The van der Waals surface area contributed by atoms with Crippen molar-refractivity contribution in [2.24, 2.45) is 0 Å². The monoisotopic (exact) mass is 223 g/mol. The molecule has 1 N–H and O–H groups in total. The third kappa shape index (κ3) is 2.32. The van der Waals surface area contributed by atoms with E-state index in [0.29, 0.717) is 6.54 Å². The first-order chi connectivity index (χ1) is 7.81. The lowest BCUT2D eigenvalue weighted by Crippen LogP contribution is -2.38. The summed E-state index contributed by atoms with van der Waals surface area (Å²) in [7, 11) is 0. The number of carbonyl (C=O) groups is 1. The summed E-state index contributed by atoms with van der Waals surface area (Å²) >= 11 is 0. The Morgan fingerprint density at radius 1 is 1.50 bits per heavy atom. The van der Waals surface area contributed by atoms with E-state index in [0.717, 1.165) is 38.3 Å². The molecule has 0 spiro atoms. The molecule has 0 radical (unpaired) electrons. The minimum Gasteiger partial charge on any atom is -0.331 e. The zero-order chi connectivity index (χ0) is 11.4. The minimum absolute atomic E-state index is 0.00292. The van der Waals surface area contributed by atoms with Crippen LogP contribution in [0.4, 0.5) is 4.79 Å². The number of urea groups is 1. The fourth-order valence-corrected chi connectivity index (χ4v) is 1.87. The van der Waals surface area contributed by atoms with Gasteiger partial charge in [-0.25, -0.2) is 4.79 Å². The standard InChI is InChI=1S/C10H17N5O/c1-2-14-8-12-13-9(14)7-11-10(16)15-5-3-4-6-15/h8H,2-7H2,1H3,(H,11,16). The van der Waals surface area contributed by atoms with Crippen LogP contribution in [0, 0.1) is 0 Å². The number of rotatable bonds is 3. The van der Waals surface area contributed by atoms with Gasteiger partial charge in [-0.2, -0.15) is 0 Å². The molecule has 1 aliphatic rings. The SMILES string of the molecule is CCn1cnnc1CNC(=O)N1CCCC1. The van der Waals surface area contributed by atoms with Crippen LogP contribution in [0.2, 0.25) is 0 Å². The van der Waals surface area contributed by atoms with Crippen molar-refractivity contribution in [3.8, 4) is 0 Å². The summed E-state index contributed by atoms with van der Waals surface area (Å²) in [5.41, 5.74) is 0. The van der Waals surface area contributed by atoms with Gasteiger partial charge in [0.15, 0.2) is 5.82 Å². The highest BCUT2D eigenvalue weighted by molar-refractivity contribution is 5.74.